The van der Waals surface area contributed by atoms with Gasteiger partial charge in [0.1, 0.15) is 5.78 Å². The molecule has 1 aromatic rings. The molecule has 0 spiro atoms. The normalized spacial score (nSPS) is 13.2. The Bertz CT molecular complexity index is 561. The van der Waals surface area contributed by atoms with Crippen LogP contribution in [0.15, 0.2) is 42.5 Å². The fourth-order valence-corrected chi connectivity index (χ4v) is 2.14. The van der Waals surface area contributed by atoms with Crippen molar-refractivity contribution in [2.75, 3.05) is 0 Å². The quantitative estimate of drug-likeness (QED) is 0.608. The van der Waals surface area contributed by atoms with E-state index in [1.54, 1.807) is 37.3 Å². The molecule has 21 heavy (non-hydrogen) atoms. The molecule has 0 aliphatic rings. The van der Waals surface area contributed by atoms with Gasteiger partial charge in [-0.25, -0.2) is 0 Å². The van der Waals surface area contributed by atoms with Crippen LogP contribution in [-0.4, -0.2) is 17.7 Å². The van der Waals surface area contributed by atoms with Crippen LogP contribution in [0.3, 0.4) is 0 Å². The van der Waals surface area contributed by atoms with Gasteiger partial charge in [-0.2, -0.15) is 0 Å². The van der Waals surface area contributed by atoms with Gasteiger partial charge in [0.2, 0.25) is 0 Å². The van der Waals surface area contributed by atoms with Crippen LogP contribution >= 0.6 is 0 Å². The van der Waals surface area contributed by atoms with Gasteiger partial charge in [0.15, 0.2) is 0 Å². The Morgan fingerprint density at radius 1 is 1.14 bits per heavy atom. The van der Waals surface area contributed by atoms with E-state index in [1.165, 1.54) is 0 Å². The van der Waals surface area contributed by atoms with Crippen LogP contribution in [0.4, 0.5) is 0 Å². The fourth-order valence-electron chi connectivity index (χ4n) is 2.14. The topological polar surface area (TPSA) is 97.3 Å². The molecule has 0 N–H and O–H groups in total. The lowest BCUT2D eigenvalue weighted by Crippen LogP contribution is -2.50. The number of carboxylic acids is 2. The van der Waals surface area contributed by atoms with Crippen molar-refractivity contribution in [2.45, 2.75) is 26.2 Å². The first kappa shape index (κ1) is 16.6. The molecule has 0 aliphatic carbocycles. The first-order valence-corrected chi connectivity index (χ1v) is 6.51. The molecule has 0 radical (unpaired) electrons. The van der Waals surface area contributed by atoms with Crippen LogP contribution in [0.1, 0.15) is 25.3 Å². The number of rotatable bonds is 8. The molecule has 0 aliphatic heterocycles. The number of hydrogen-bond donors (Lipinski definition) is 0. The van der Waals surface area contributed by atoms with Crippen molar-refractivity contribution < 1.29 is 24.6 Å². The molecule has 0 aromatic heterocycles. The Morgan fingerprint density at radius 3 is 2.14 bits per heavy atom. The lowest BCUT2D eigenvalue weighted by molar-refractivity contribution is -0.322. The second-order valence-corrected chi connectivity index (χ2v) is 4.87. The average molecular weight is 288 g/mol. The van der Waals surface area contributed by atoms with E-state index < -0.39 is 29.3 Å². The van der Waals surface area contributed by atoms with E-state index in [0.29, 0.717) is 5.56 Å². The zero-order valence-electron chi connectivity index (χ0n) is 11.8. The van der Waals surface area contributed by atoms with E-state index in [4.69, 9.17) is 0 Å². The first-order chi connectivity index (χ1) is 9.83. The number of carbonyl (C=O) groups is 3. The molecule has 5 heteroatoms. The van der Waals surface area contributed by atoms with Crippen molar-refractivity contribution in [3.63, 3.8) is 0 Å². The van der Waals surface area contributed by atoms with Crippen molar-refractivity contribution in [3.8, 4) is 0 Å². The molecule has 0 fully saturated rings. The second-order valence-electron chi connectivity index (χ2n) is 4.87. The summed E-state index contributed by atoms with van der Waals surface area (Å²) in [5.41, 5.74) is -2.06. The lowest BCUT2D eigenvalue weighted by atomic mass is 9.71. The molecule has 0 heterocycles. The summed E-state index contributed by atoms with van der Waals surface area (Å²) in [6, 6.07) is 8.43. The molecule has 1 rings (SSSR count). The highest BCUT2D eigenvalue weighted by Crippen LogP contribution is 2.35. The van der Waals surface area contributed by atoms with Gasteiger partial charge < -0.3 is 19.8 Å². The summed E-state index contributed by atoms with van der Waals surface area (Å²) in [6.45, 7) is 4.87. The van der Waals surface area contributed by atoms with E-state index in [-0.39, 0.29) is 18.6 Å². The number of aliphatic carboxylic acids is 2. The number of ketones is 1. The summed E-state index contributed by atoms with van der Waals surface area (Å²) in [4.78, 5) is 34.4. The molecule has 1 atom stereocenters. The van der Waals surface area contributed by atoms with Crippen LogP contribution in [0.25, 0.3) is 0 Å². The monoisotopic (exact) mass is 288 g/mol. The number of benzene rings is 1. The average Bonchev–Trinajstić information content (AvgIpc) is 2.46. The van der Waals surface area contributed by atoms with E-state index >= 15 is 0 Å². The molecule has 112 valence electrons. The van der Waals surface area contributed by atoms with Crippen molar-refractivity contribution in [1.29, 1.82) is 0 Å². The number of carboxylic acid groups (broad SMARTS) is 2. The van der Waals surface area contributed by atoms with Crippen LogP contribution < -0.4 is 10.2 Å². The third-order valence-electron chi connectivity index (χ3n) is 3.46. The Morgan fingerprint density at radius 2 is 1.71 bits per heavy atom. The van der Waals surface area contributed by atoms with Gasteiger partial charge in [-0.3, -0.25) is 4.79 Å². The third-order valence-corrected chi connectivity index (χ3v) is 3.46. The molecule has 0 bridgehead atoms. The molecule has 1 aromatic carbocycles. The third kappa shape index (κ3) is 3.78. The van der Waals surface area contributed by atoms with Gasteiger partial charge in [0, 0.05) is 18.3 Å². The summed E-state index contributed by atoms with van der Waals surface area (Å²) in [5.74, 6) is -3.71. The highest BCUT2D eigenvalue weighted by atomic mass is 16.4. The minimum Gasteiger partial charge on any atom is -0.549 e. The highest BCUT2D eigenvalue weighted by molar-refractivity contribution is 5.97. The maximum atomic E-state index is 11.7. The van der Waals surface area contributed by atoms with Gasteiger partial charge in [0.05, 0.1) is 11.9 Å². The summed E-state index contributed by atoms with van der Waals surface area (Å²) in [5, 5.41) is 22.7. The van der Waals surface area contributed by atoms with E-state index in [0.717, 1.165) is 0 Å². The largest absolute Gasteiger partial charge is 0.549 e. The van der Waals surface area contributed by atoms with E-state index in [1.807, 2.05) is 0 Å². The Kier molecular flexibility index (Phi) is 5.41. The van der Waals surface area contributed by atoms with Gasteiger partial charge >= 0.3 is 0 Å². The van der Waals surface area contributed by atoms with Crippen molar-refractivity contribution in [3.05, 3.63) is 48.0 Å². The summed E-state index contributed by atoms with van der Waals surface area (Å²) >= 11 is 0. The minimum absolute atomic E-state index is 0.101. The lowest BCUT2D eigenvalue weighted by Gasteiger charge is -2.37. The van der Waals surface area contributed by atoms with Crippen LogP contribution in [-0.2, 0) is 20.8 Å². The smallest absolute Gasteiger partial charge is 0.133 e. The van der Waals surface area contributed by atoms with Crippen molar-refractivity contribution >= 4 is 17.7 Å². The molecule has 0 saturated carbocycles. The Labute approximate surface area is 122 Å². The molecule has 0 amide bonds. The fraction of sp³-hybridized carbons (Fsp3) is 0.312. The predicted molar refractivity (Wildman–Crippen MR) is 71.6 cm³/mol. The highest BCUT2D eigenvalue weighted by Gasteiger charge is 2.37. The predicted octanol–water partition coefficient (Wildman–Crippen LogP) is -0.359. The van der Waals surface area contributed by atoms with E-state index in [2.05, 4.69) is 6.58 Å². The molecule has 5 nitrogen and oxygen atoms in total. The van der Waals surface area contributed by atoms with Crippen LogP contribution in [0, 0.1) is 5.41 Å². The number of carbonyl (C=O) groups excluding carboxylic acids is 3. The zero-order chi connectivity index (χ0) is 16.0. The van der Waals surface area contributed by atoms with Crippen LogP contribution in [0.2, 0.25) is 0 Å². The summed E-state index contributed by atoms with van der Waals surface area (Å²) < 4.78 is 0. The SMILES string of the molecule is C=C(C(=O)[O-])C(CC(=O)CC)(Cc1ccccc1)C(=O)[O-]. The number of hydrogen-bond acceptors (Lipinski definition) is 5. The Balaban J connectivity index is 3.30. The second kappa shape index (κ2) is 6.83. The van der Waals surface area contributed by atoms with Gasteiger partial charge in [0.25, 0.3) is 0 Å². The molecular formula is C16H16O5-2. The maximum absolute atomic E-state index is 11.7. The van der Waals surface area contributed by atoms with Gasteiger partial charge in [-0.05, 0) is 17.6 Å². The summed E-state index contributed by atoms with van der Waals surface area (Å²) in [7, 11) is 0. The standard InChI is InChI=1S/C16H18O5/c1-3-13(17)10-16(15(20)21,11(2)14(18)19)9-12-7-5-4-6-8-12/h4-8H,2-3,9-10H2,1H3,(H,18,19)(H,20,21)/p-2. The number of Topliss-reactive ketones (excluding diaryl/α,β-unsaturated/α-hetero) is 1. The molecule has 1 unspecified atom stereocenters. The van der Waals surface area contributed by atoms with Gasteiger partial charge in [-0.1, -0.05) is 43.8 Å². The van der Waals surface area contributed by atoms with Crippen LogP contribution in [0.5, 0.6) is 0 Å². The zero-order valence-corrected chi connectivity index (χ0v) is 11.8. The summed E-state index contributed by atoms with van der Waals surface area (Å²) in [6.07, 6.45) is -0.563. The van der Waals surface area contributed by atoms with Crippen molar-refractivity contribution in [2.24, 2.45) is 5.41 Å². The maximum Gasteiger partial charge on any atom is 0.133 e. The van der Waals surface area contributed by atoms with Crippen molar-refractivity contribution in [1.82, 2.24) is 0 Å². The van der Waals surface area contributed by atoms with E-state index in [9.17, 15) is 24.6 Å². The minimum atomic E-state index is -1.99. The molecule has 0 saturated heterocycles. The first-order valence-electron chi connectivity index (χ1n) is 6.51. The van der Waals surface area contributed by atoms with Gasteiger partial charge in [-0.15, -0.1) is 0 Å². The Hall–Kier alpha value is -2.43. The molecular weight excluding hydrogens is 272 g/mol.